The third-order valence-corrected chi connectivity index (χ3v) is 3.42. The summed E-state index contributed by atoms with van der Waals surface area (Å²) in [6.45, 7) is 6.52. The number of methoxy groups -OCH3 is 1. The number of likely N-dealkylation sites (N-methyl/N-ethyl adjacent to an activating group) is 2. The number of hydrogen-bond donors (Lipinski definition) is 1. The van der Waals surface area contributed by atoms with Crippen LogP contribution in [0, 0.1) is 10.1 Å². The van der Waals surface area contributed by atoms with E-state index in [0.717, 1.165) is 6.54 Å². The lowest BCUT2D eigenvalue weighted by molar-refractivity contribution is -0.384. The van der Waals surface area contributed by atoms with Crippen molar-refractivity contribution in [3.63, 3.8) is 0 Å². The van der Waals surface area contributed by atoms with Gasteiger partial charge in [0.1, 0.15) is 17.0 Å². The minimum Gasteiger partial charge on any atom is -0.494 e. The van der Waals surface area contributed by atoms with E-state index in [-0.39, 0.29) is 11.4 Å². The first-order chi connectivity index (χ1) is 11.9. The second-order valence-electron chi connectivity index (χ2n) is 7.15. The summed E-state index contributed by atoms with van der Waals surface area (Å²) in [5.41, 5.74) is -0.227. The molecule has 0 aliphatic carbocycles. The minimum absolute atomic E-state index is 0.127. The maximum absolute atomic E-state index is 12.0. The number of nitro benzene ring substituents is 1. The second-order valence-corrected chi connectivity index (χ2v) is 7.15. The van der Waals surface area contributed by atoms with Crippen molar-refractivity contribution < 1.29 is 19.2 Å². The number of hydrogen-bond acceptors (Lipinski definition) is 7. The van der Waals surface area contributed by atoms with Gasteiger partial charge in [-0.2, -0.15) is 0 Å². The summed E-state index contributed by atoms with van der Waals surface area (Å²) in [7, 11) is 7.06. The summed E-state index contributed by atoms with van der Waals surface area (Å²) < 4.78 is 10.5. The lowest BCUT2D eigenvalue weighted by Gasteiger charge is -2.23. The molecule has 0 heterocycles. The molecule has 1 aromatic rings. The van der Waals surface area contributed by atoms with Gasteiger partial charge in [0.2, 0.25) is 0 Å². The van der Waals surface area contributed by atoms with Gasteiger partial charge in [0.15, 0.2) is 0 Å². The summed E-state index contributed by atoms with van der Waals surface area (Å²) in [6.07, 6.45) is -0.709. The first-order valence-electron chi connectivity index (χ1n) is 8.17. The van der Waals surface area contributed by atoms with Crippen LogP contribution in [0.5, 0.6) is 5.75 Å². The maximum Gasteiger partial charge on any atom is 0.412 e. The van der Waals surface area contributed by atoms with Crippen molar-refractivity contribution in [3.8, 4) is 5.75 Å². The number of nitrogens with zero attached hydrogens (tertiary/aromatic N) is 3. The molecule has 0 saturated carbocycles. The molecule has 0 aliphatic heterocycles. The van der Waals surface area contributed by atoms with Crippen LogP contribution in [0.25, 0.3) is 0 Å². The van der Waals surface area contributed by atoms with Crippen molar-refractivity contribution >= 4 is 23.2 Å². The fourth-order valence-corrected chi connectivity index (χ4v) is 2.16. The molecule has 9 heteroatoms. The summed E-state index contributed by atoms with van der Waals surface area (Å²) in [4.78, 5) is 26.8. The first-order valence-corrected chi connectivity index (χ1v) is 8.17. The Hall–Kier alpha value is -2.55. The van der Waals surface area contributed by atoms with Gasteiger partial charge in [-0.3, -0.25) is 15.4 Å². The number of ether oxygens (including phenoxy) is 2. The van der Waals surface area contributed by atoms with Crippen molar-refractivity contribution in [1.29, 1.82) is 0 Å². The molecule has 1 aromatic carbocycles. The van der Waals surface area contributed by atoms with Gasteiger partial charge in [0.25, 0.3) is 5.69 Å². The zero-order valence-corrected chi connectivity index (χ0v) is 16.5. The quantitative estimate of drug-likeness (QED) is 0.584. The third-order valence-electron chi connectivity index (χ3n) is 3.42. The van der Waals surface area contributed by atoms with Gasteiger partial charge in [-0.25, -0.2) is 4.79 Å². The first kappa shape index (κ1) is 21.5. The normalized spacial score (nSPS) is 11.2. The number of nitrogens with one attached hydrogen (secondary N) is 1. The topological polar surface area (TPSA) is 97.2 Å². The molecular formula is C17H28N4O5. The van der Waals surface area contributed by atoms with Crippen LogP contribution in [0.3, 0.4) is 0 Å². The molecule has 0 aliphatic rings. The molecule has 0 fully saturated rings. The van der Waals surface area contributed by atoms with E-state index in [9.17, 15) is 14.9 Å². The van der Waals surface area contributed by atoms with Crippen LogP contribution < -0.4 is 15.0 Å². The average molecular weight is 368 g/mol. The molecule has 1 rings (SSSR count). The van der Waals surface area contributed by atoms with Gasteiger partial charge in [-0.15, -0.1) is 0 Å². The molecule has 0 bridgehead atoms. The molecule has 1 amide bonds. The molecule has 0 aromatic heterocycles. The van der Waals surface area contributed by atoms with E-state index in [1.165, 1.54) is 13.2 Å². The Morgan fingerprint density at radius 3 is 2.31 bits per heavy atom. The molecule has 0 saturated heterocycles. The standard InChI is InChI=1S/C17H28N4O5/c1-17(2,3)26-16(22)18-12-10-14(21(23)24)13(11-15(12)25-7)20(6)9-8-19(4)5/h10-11H,8-9H2,1-7H3,(H,18,22). The van der Waals surface area contributed by atoms with E-state index >= 15 is 0 Å². The average Bonchev–Trinajstić information content (AvgIpc) is 2.50. The fourth-order valence-electron chi connectivity index (χ4n) is 2.16. The van der Waals surface area contributed by atoms with Crippen LogP contribution in [0.1, 0.15) is 20.8 Å². The molecule has 0 radical (unpaired) electrons. The van der Waals surface area contributed by atoms with Crippen molar-refractivity contribution in [2.24, 2.45) is 0 Å². The third kappa shape index (κ3) is 6.40. The molecule has 26 heavy (non-hydrogen) atoms. The largest absolute Gasteiger partial charge is 0.494 e. The highest BCUT2D eigenvalue weighted by Gasteiger charge is 2.24. The monoisotopic (exact) mass is 368 g/mol. The predicted octanol–water partition coefficient (Wildman–Crippen LogP) is 2.95. The SMILES string of the molecule is COc1cc(N(C)CCN(C)C)c([N+](=O)[O-])cc1NC(=O)OC(C)(C)C. The number of benzene rings is 1. The molecule has 146 valence electrons. The summed E-state index contributed by atoms with van der Waals surface area (Å²) in [6, 6.07) is 2.82. The summed E-state index contributed by atoms with van der Waals surface area (Å²) in [5.74, 6) is 0.313. The van der Waals surface area contributed by atoms with E-state index in [1.54, 1.807) is 38.8 Å². The van der Waals surface area contributed by atoms with Crippen LogP contribution >= 0.6 is 0 Å². The van der Waals surface area contributed by atoms with Gasteiger partial charge < -0.3 is 19.3 Å². The predicted molar refractivity (Wildman–Crippen MR) is 101 cm³/mol. The van der Waals surface area contributed by atoms with Crippen LogP contribution in [0.15, 0.2) is 12.1 Å². The Bertz CT molecular complexity index is 655. The molecule has 0 atom stereocenters. The zero-order valence-electron chi connectivity index (χ0n) is 16.5. The Balaban J connectivity index is 3.20. The Morgan fingerprint density at radius 1 is 1.23 bits per heavy atom. The lowest BCUT2D eigenvalue weighted by Crippen LogP contribution is -2.29. The number of amides is 1. The van der Waals surface area contributed by atoms with Crippen molar-refractivity contribution in [1.82, 2.24) is 4.90 Å². The van der Waals surface area contributed by atoms with Gasteiger partial charge in [-0.1, -0.05) is 0 Å². The fraction of sp³-hybridized carbons (Fsp3) is 0.588. The summed E-state index contributed by atoms with van der Waals surface area (Å²) >= 11 is 0. The Kier molecular flexibility index (Phi) is 7.19. The van der Waals surface area contributed by atoms with Gasteiger partial charge in [-0.05, 0) is 34.9 Å². The molecule has 9 nitrogen and oxygen atoms in total. The van der Waals surface area contributed by atoms with E-state index in [4.69, 9.17) is 9.47 Å². The van der Waals surface area contributed by atoms with Gasteiger partial charge in [0, 0.05) is 32.3 Å². The van der Waals surface area contributed by atoms with Gasteiger partial charge in [0.05, 0.1) is 17.7 Å². The smallest absolute Gasteiger partial charge is 0.412 e. The van der Waals surface area contributed by atoms with E-state index in [0.29, 0.717) is 18.0 Å². The number of carbonyl (C=O) groups excluding carboxylic acids is 1. The van der Waals surface area contributed by atoms with Gasteiger partial charge >= 0.3 is 6.09 Å². The number of anilines is 2. The number of rotatable bonds is 7. The number of carbonyl (C=O) groups is 1. The van der Waals surface area contributed by atoms with E-state index < -0.39 is 16.6 Å². The van der Waals surface area contributed by atoms with Crippen molar-refractivity contribution in [2.45, 2.75) is 26.4 Å². The summed E-state index contributed by atoms with van der Waals surface area (Å²) in [5, 5.41) is 14.0. The minimum atomic E-state index is -0.709. The molecule has 1 N–H and O–H groups in total. The van der Waals surface area contributed by atoms with Crippen molar-refractivity contribution in [2.75, 3.05) is 51.6 Å². The Labute approximate surface area is 154 Å². The Morgan fingerprint density at radius 2 is 1.85 bits per heavy atom. The highest BCUT2D eigenvalue weighted by atomic mass is 16.6. The van der Waals surface area contributed by atoms with Crippen molar-refractivity contribution in [3.05, 3.63) is 22.2 Å². The second kappa shape index (κ2) is 8.70. The van der Waals surface area contributed by atoms with Crippen LogP contribution in [0.2, 0.25) is 0 Å². The van der Waals surface area contributed by atoms with E-state index in [1.807, 2.05) is 19.0 Å². The van der Waals surface area contributed by atoms with Crippen LogP contribution in [-0.2, 0) is 4.74 Å². The van der Waals surface area contributed by atoms with Crippen LogP contribution in [0.4, 0.5) is 21.9 Å². The lowest BCUT2D eigenvalue weighted by atomic mass is 10.2. The molecule has 0 spiro atoms. The van der Waals surface area contributed by atoms with Crippen LogP contribution in [-0.4, -0.2) is 62.9 Å². The molecule has 0 unspecified atom stereocenters. The zero-order chi connectivity index (χ0) is 20.1. The maximum atomic E-state index is 12.0. The number of nitro groups is 1. The highest BCUT2D eigenvalue weighted by molar-refractivity contribution is 5.89. The highest BCUT2D eigenvalue weighted by Crippen LogP contribution is 2.38. The molecular weight excluding hydrogens is 340 g/mol. The van der Waals surface area contributed by atoms with E-state index in [2.05, 4.69) is 5.32 Å².